The lowest BCUT2D eigenvalue weighted by molar-refractivity contribution is 0.234. The van der Waals surface area contributed by atoms with Crippen LogP contribution in [0.2, 0.25) is 0 Å². The lowest BCUT2D eigenvalue weighted by atomic mass is 9.96. The fourth-order valence-corrected chi connectivity index (χ4v) is 3.94. The molecular weight excluding hydrogens is 220 g/mol. The van der Waals surface area contributed by atoms with Crippen molar-refractivity contribution in [3.63, 3.8) is 0 Å². The standard InChI is InChI=1S/C16H32N2/c1-2-6-14-7-5-11-18(12-10-14)13-16(17)15-8-3-4-9-15/h14-16H,2-13,17H2,1H3. The highest BCUT2D eigenvalue weighted by molar-refractivity contribution is 4.81. The minimum absolute atomic E-state index is 0.440. The van der Waals surface area contributed by atoms with Gasteiger partial charge in [0.15, 0.2) is 0 Å². The Balaban J connectivity index is 1.72. The van der Waals surface area contributed by atoms with E-state index in [9.17, 15) is 0 Å². The summed E-state index contributed by atoms with van der Waals surface area (Å²) in [6, 6.07) is 0.440. The second kappa shape index (κ2) is 7.49. The Morgan fingerprint density at radius 2 is 1.83 bits per heavy atom. The molecule has 1 heterocycles. The summed E-state index contributed by atoms with van der Waals surface area (Å²) >= 11 is 0. The van der Waals surface area contributed by atoms with Crippen LogP contribution in [0.1, 0.15) is 64.7 Å². The average molecular weight is 252 g/mol. The van der Waals surface area contributed by atoms with E-state index in [-0.39, 0.29) is 0 Å². The average Bonchev–Trinajstić information content (AvgIpc) is 2.81. The molecule has 2 N–H and O–H groups in total. The van der Waals surface area contributed by atoms with E-state index < -0.39 is 0 Å². The highest BCUT2D eigenvalue weighted by Gasteiger charge is 2.25. The van der Waals surface area contributed by atoms with Crippen molar-refractivity contribution >= 4 is 0 Å². The van der Waals surface area contributed by atoms with Crippen LogP contribution in [0.25, 0.3) is 0 Å². The molecule has 18 heavy (non-hydrogen) atoms. The quantitative estimate of drug-likeness (QED) is 0.812. The zero-order valence-corrected chi connectivity index (χ0v) is 12.2. The molecule has 0 bridgehead atoms. The number of likely N-dealkylation sites (tertiary alicyclic amines) is 1. The van der Waals surface area contributed by atoms with E-state index in [0.717, 1.165) is 18.4 Å². The van der Waals surface area contributed by atoms with Gasteiger partial charge in [0.25, 0.3) is 0 Å². The second-order valence-electron chi connectivity index (χ2n) is 6.59. The topological polar surface area (TPSA) is 29.3 Å². The molecule has 1 aliphatic heterocycles. The molecule has 1 saturated heterocycles. The maximum Gasteiger partial charge on any atom is 0.0196 e. The van der Waals surface area contributed by atoms with E-state index in [0.29, 0.717) is 6.04 Å². The van der Waals surface area contributed by atoms with Gasteiger partial charge in [0.05, 0.1) is 0 Å². The SMILES string of the molecule is CCCC1CCCN(CC(N)C2CCCC2)CC1. The molecule has 2 fully saturated rings. The van der Waals surface area contributed by atoms with Gasteiger partial charge >= 0.3 is 0 Å². The Kier molecular flexibility index (Phi) is 5.97. The van der Waals surface area contributed by atoms with Gasteiger partial charge in [0, 0.05) is 12.6 Å². The summed E-state index contributed by atoms with van der Waals surface area (Å²) in [7, 11) is 0. The van der Waals surface area contributed by atoms with Crippen LogP contribution in [0.4, 0.5) is 0 Å². The molecule has 2 atom stereocenters. The predicted molar refractivity (Wildman–Crippen MR) is 78.6 cm³/mol. The maximum atomic E-state index is 6.41. The van der Waals surface area contributed by atoms with Gasteiger partial charge in [-0.25, -0.2) is 0 Å². The van der Waals surface area contributed by atoms with Crippen molar-refractivity contribution in [1.29, 1.82) is 0 Å². The van der Waals surface area contributed by atoms with Gasteiger partial charge < -0.3 is 10.6 Å². The molecule has 2 aliphatic rings. The van der Waals surface area contributed by atoms with Gasteiger partial charge in [-0.1, -0.05) is 32.6 Å². The molecule has 0 amide bonds. The Morgan fingerprint density at radius 1 is 1.06 bits per heavy atom. The van der Waals surface area contributed by atoms with Crippen LogP contribution in [-0.4, -0.2) is 30.6 Å². The van der Waals surface area contributed by atoms with E-state index >= 15 is 0 Å². The van der Waals surface area contributed by atoms with Crippen LogP contribution in [0, 0.1) is 11.8 Å². The third-order valence-electron chi connectivity index (χ3n) is 5.11. The lowest BCUT2D eigenvalue weighted by Gasteiger charge is -2.27. The van der Waals surface area contributed by atoms with E-state index in [4.69, 9.17) is 5.73 Å². The van der Waals surface area contributed by atoms with Crippen molar-refractivity contribution in [1.82, 2.24) is 4.90 Å². The highest BCUT2D eigenvalue weighted by atomic mass is 15.1. The number of rotatable bonds is 5. The van der Waals surface area contributed by atoms with Gasteiger partial charge in [-0.05, 0) is 57.0 Å². The molecule has 2 unspecified atom stereocenters. The zero-order valence-electron chi connectivity index (χ0n) is 12.2. The minimum Gasteiger partial charge on any atom is -0.326 e. The first-order valence-electron chi connectivity index (χ1n) is 8.27. The zero-order chi connectivity index (χ0) is 12.8. The fraction of sp³-hybridized carbons (Fsp3) is 1.00. The van der Waals surface area contributed by atoms with Crippen molar-refractivity contribution in [2.24, 2.45) is 17.6 Å². The van der Waals surface area contributed by atoms with Crippen molar-refractivity contribution in [2.75, 3.05) is 19.6 Å². The van der Waals surface area contributed by atoms with E-state index in [2.05, 4.69) is 11.8 Å². The van der Waals surface area contributed by atoms with Crippen molar-refractivity contribution in [2.45, 2.75) is 70.8 Å². The number of nitrogens with two attached hydrogens (primary N) is 1. The number of hydrogen-bond acceptors (Lipinski definition) is 2. The molecule has 1 aliphatic carbocycles. The van der Waals surface area contributed by atoms with Crippen LogP contribution in [0.5, 0.6) is 0 Å². The largest absolute Gasteiger partial charge is 0.326 e. The molecule has 106 valence electrons. The fourth-order valence-electron chi connectivity index (χ4n) is 3.94. The summed E-state index contributed by atoms with van der Waals surface area (Å²) in [5.41, 5.74) is 6.41. The third-order valence-corrected chi connectivity index (χ3v) is 5.11. The highest BCUT2D eigenvalue weighted by Crippen LogP contribution is 2.28. The molecular formula is C16H32N2. The third kappa shape index (κ3) is 4.24. The van der Waals surface area contributed by atoms with Gasteiger partial charge in [-0.2, -0.15) is 0 Å². The number of nitrogens with zero attached hydrogens (tertiary/aromatic N) is 1. The second-order valence-corrected chi connectivity index (χ2v) is 6.59. The molecule has 0 spiro atoms. The lowest BCUT2D eigenvalue weighted by Crippen LogP contribution is -2.42. The molecule has 0 aromatic heterocycles. The summed E-state index contributed by atoms with van der Waals surface area (Å²) in [5, 5.41) is 0. The normalized spacial score (nSPS) is 29.3. The van der Waals surface area contributed by atoms with Gasteiger partial charge in [0.2, 0.25) is 0 Å². The monoisotopic (exact) mass is 252 g/mol. The van der Waals surface area contributed by atoms with Crippen LogP contribution < -0.4 is 5.73 Å². The van der Waals surface area contributed by atoms with Gasteiger partial charge in [-0.15, -0.1) is 0 Å². The maximum absolute atomic E-state index is 6.41. The molecule has 2 nitrogen and oxygen atoms in total. The minimum atomic E-state index is 0.440. The Labute approximate surface area is 113 Å². The summed E-state index contributed by atoms with van der Waals surface area (Å²) in [6.45, 7) is 6.06. The molecule has 1 saturated carbocycles. The summed E-state index contributed by atoms with van der Waals surface area (Å²) in [6.07, 6.45) is 12.6. The predicted octanol–water partition coefficient (Wildman–Crippen LogP) is 3.41. The number of hydrogen-bond donors (Lipinski definition) is 1. The molecule has 0 radical (unpaired) electrons. The van der Waals surface area contributed by atoms with Gasteiger partial charge in [-0.3, -0.25) is 0 Å². The van der Waals surface area contributed by atoms with E-state index in [1.807, 2.05) is 0 Å². The summed E-state index contributed by atoms with van der Waals surface area (Å²) < 4.78 is 0. The van der Waals surface area contributed by atoms with Crippen LogP contribution in [0.15, 0.2) is 0 Å². The van der Waals surface area contributed by atoms with Crippen LogP contribution in [-0.2, 0) is 0 Å². The molecule has 2 heteroatoms. The van der Waals surface area contributed by atoms with E-state index in [1.54, 1.807) is 0 Å². The van der Waals surface area contributed by atoms with Crippen molar-refractivity contribution in [3.05, 3.63) is 0 Å². The van der Waals surface area contributed by atoms with Crippen LogP contribution >= 0.6 is 0 Å². The van der Waals surface area contributed by atoms with Crippen LogP contribution in [0.3, 0.4) is 0 Å². The molecule has 0 aromatic carbocycles. The Morgan fingerprint density at radius 3 is 2.56 bits per heavy atom. The molecule has 2 rings (SSSR count). The summed E-state index contributed by atoms with van der Waals surface area (Å²) in [5.74, 6) is 1.81. The first kappa shape index (κ1) is 14.3. The van der Waals surface area contributed by atoms with Crippen molar-refractivity contribution in [3.8, 4) is 0 Å². The Bertz CT molecular complexity index is 223. The van der Waals surface area contributed by atoms with E-state index in [1.165, 1.54) is 70.9 Å². The molecule has 0 aromatic rings. The first-order valence-corrected chi connectivity index (χ1v) is 8.27. The smallest absolute Gasteiger partial charge is 0.0196 e. The summed E-state index contributed by atoms with van der Waals surface area (Å²) in [4.78, 5) is 2.65. The Hall–Kier alpha value is -0.0800. The van der Waals surface area contributed by atoms with Crippen molar-refractivity contribution < 1.29 is 0 Å². The first-order chi connectivity index (χ1) is 8.79. The van der Waals surface area contributed by atoms with Gasteiger partial charge in [0.1, 0.15) is 0 Å².